The summed E-state index contributed by atoms with van der Waals surface area (Å²) in [5.41, 5.74) is 6.83. The highest BCUT2D eigenvalue weighted by Crippen LogP contribution is 2.26. The number of anilines is 2. The van der Waals surface area contributed by atoms with Gasteiger partial charge in [-0.3, -0.25) is 0 Å². The molecule has 0 fully saturated rings. The predicted octanol–water partition coefficient (Wildman–Crippen LogP) is 1.76. The summed E-state index contributed by atoms with van der Waals surface area (Å²) in [6.45, 7) is 5.26. The minimum Gasteiger partial charge on any atom is -0.396 e. The standard InChI is InChI=1S/C12H22N4O/c1-9(2)10-11(13)15-8-16-12(10)14-6-4-3-5-7-17/h8-9,17H,3-7H2,1-2H3,(H3,13,14,15,16). The Morgan fingerprint density at radius 2 is 2.06 bits per heavy atom. The molecule has 4 N–H and O–H groups in total. The van der Waals surface area contributed by atoms with Crippen LogP contribution in [0.25, 0.3) is 0 Å². The van der Waals surface area contributed by atoms with E-state index in [0.29, 0.717) is 11.7 Å². The lowest BCUT2D eigenvalue weighted by Crippen LogP contribution is -2.10. The molecule has 0 saturated heterocycles. The van der Waals surface area contributed by atoms with Gasteiger partial charge in [0, 0.05) is 18.7 Å². The highest BCUT2D eigenvalue weighted by Gasteiger charge is 2.12. The van der Waals surface area contributed by atoms with Crippen molar-refractivity contribution >= 4 is 11.6 Å². The zero-order valence-corrected chi connectivity index (χ0v) is 10.6. The minimum atomic E-state index is 0.262. The number of rotatable bonds is 7. The van der Waals surface area contributed by atoms with Crippen LogP contribution in [0.3, 0.4) is 0 Å². The number of aromatic nitrogens is 2. The first-order valence-corrected chi connectivity index (χ1v) is 6.12. The summed E-state index contributed by atoms with van der Waals surface area (Å²) in [5, 5.41) is 12.0. The van der Waals surface area contributed by atoms with E-state index >= 15 is 0 Å². The predicted molar refractivity (Wildman–Crippen MR) is 70.0 cm³/mol. The monoisotopic (exact) mass is 238 g/mol. The van der Waals surface area contributed by atoms with E-state index in [1.54, 1.807) is 0 Å². The molecule has 5 heteroatoms. The SMILES string of the molecule is CC(C)c1c(N)ncnc1NCCCCCO. The van der Waals surface area contributed by atoms with E-state index in [1.165, 1.54) is 6.33 Å². The Balaban J connectivity index is 2.55. The van der Waals surface area contributed by atoms with Gasteiger partial charge in [0.05, 0.1) is 0 Å². The lowest BCUT2D eigenvalue weighted by Gasteiger charge is -2.14. The van der Waals surface area contributed by atoms with Gasteiger partial charge in [-0.15, -0.1) is 0 Å². The van der Waals surface area contributed by atoms with Gasteiger partial charge in [-0.25, -0.2) is 9.97 Å². The lowest BCUT2D eigenvalue weighted by molar-refractivity contribution is 0.283. The Morgan fingerprint density at radius 1 is 1.29 bits per heavy atom. The molecule has 1 heterocycles. The molecule has 17 heavy (non-hydrogen) atoms. The van der Waals surface area contributed by atoms with Crippen LogP contribution in [0.1, 0.15) is 44.6 Å². The lowest BCUT2D eigenvalue weighted by atomic mass is 10.0. The normalized spacial score (nSPS) is 10.8. The molecule has 96 valence electrons. The second-order valence-electron chi connectivity index (χ2n) is 4.39. The van der Waals surface area contributed by atoms with Gasteiger partial charge in [0.25, 0.3) is 0 Å². The van der Waals surface area contributed by atoms with E-state index in [1.807, 2.05) is 0 Å². The smallest absolute Gasteiger partial charge is 0.134 e. The maximum Gasteiger partial charge on any atom is 0.134 e. The Bertz CT molecular complexity index is 341. The van der Waals surface area contributed by atoms with Crippen LogP contribution >= 0.6 is 0 Å². The van der Waals surface area contributed by atoms with Gasteiger partial charge in [0.2, 0.25) is 0 Å². The molecule has 0 spiro atoms. The van der Waals surface area contributed by atoms with E-state index in [4.69, 9.17) is 10.8 Å². The molecular formula is C12H22N4O. The number of hydrogen-bond acceptors (Lipinski definition) is 5. The molecule has 1 rings (SSSR count). The van der Waals surface area contributed by atoms with Crippen LogP contribution in [0.2, 0.25) is 0 Å². The van der Waals surface area contributed by atoms with Gasteiger partial charge in [-0.05, 0) is 25.2 Å². The molecule has 5 nitrogen and oxygen atoms in total. The summed E-state index contributed by atoms with van der Waals surface area (Å²) >= 11 is 0. The Morgan fingerprint density at radius 3 is 2.71 bits per heavy atom. The first kappa shape index (κ1) is 13.7. The number of nitrogen functional groups attached to an aromatic ring is 1. The third kappa shape index (κ3) is 4.19. The van der Waals surface area contributed by atoms with E-state index in [9.17, 15) is 0 Å². The number of nitrogens with one attached hydrogen (secondary N) is 1. The minimum absolute atomic E-state index is 0.262. The molecule has 0 bridgehead atoms. The van der Waals surface area contributed by atoms with Gasteiger partial charge in [-0.1, -0.05) is 13.8 Å². The van der Waals surface area contributed by atoms with Gasteiger partial charge in [0.15, 0.2) is 0 Å². The third-order valence-corrected chi connectivity index (χ3v) is 2.62. The van der Waals surface area contributed by atoms with Gasteiger partial charge >= 0.3 is 0 Å². The number of unbranched alkanes of at least 4 members (excludes halogenated alkanes) is 2. The average molecular weight is 238 g/mol. The fourth-order valence-electron chi connectivity index (χ4n) is 1.74. The number of aliphatic hydroxyl groups excluding tert-OH is 1. The maximum atomic E-state index is 8.68. The molecule has 0 amide bonds. The molecule has 0 aliphatic carbocycles. The highest BCUT2D eigenvalue weighted by molar-refractivity contribution is 5.56. The van der Waals surface area contributed by atoms with Gasteiger partial charge in [-0.2, -0.15) is 0 Å². The topological polar surface area (TPSA) is 84.1 Å². The van der Waals surface area contributed by atoms with Crippen molar-refractivity contribution < 1.29 is 5.11 Å². The summed E-state index contributed by atoms with van der Waals surface area (Å²) in [7, 11) is 0. The summed E-state index contributed by atoms with van der Waals surface area (Å²) in [4.78, 5) is 8.24. The Labute approximate surface area is 102 Å². The molecule has 0 saturated carbocycles. The molecular weight excluding hydrogens is 216 g/mol. The van der Waals surface area contributed by atoms with Crippen LogP contribution in [0.4, 0.5) is 11.6 Å². The molecule has 1 aromatic heterocycles. The van der Waals surface area contributed by atoms with Crippen molar-refractivity contribution in [1.82, 2.24) is 9.97 Å². The second kappa shape index (κ2) is 7.06. The third-order valence-electron chi connectivity index (χ3n) is 2.62. The maximum absolute atomic E-state index is 8.68. The van der Waals surface area contributed by atoms with Gasteiger partial charge < -0.3 is 16.2 Å². The number of nitrogens with zero attached hydrogens (tertiary/aromatic N) is 2. The number of nitrogens with two attached hydrogens (primary N) is 1. The van der Waals surface area contributed by atoms with Crippen molar-refractivity contribution in [3.8, 4) is 0 Å². The molecule has 0 atom stereocenters. The molecule has 0 aromatic carbocycles. The Kier molecular flexibility index (Phi) is 5.69. The largest absolute Gasteiger partial charge is 0.396 e. The van der Waals surface area contributed by atoms with Gasteiger partial charge in [0.1, 0.15) is 18.0 Å². The van der Waals surface area contributed by atoms with Crippen LogP contribution in [0.15, 0.2) is 6.33 Å². The first-order chi connectivity index (χ1) is 8.16. The van der Waals surface area contributed by atoms with Crippen LogP contribution in [0.5, 0.6) is 0 Å². The van der Waals surface area contributed by atoms with E-state index in [2.05, 4.69) is 29.1 Å². The number of aliphatic hydroxyl groups is 1. The number of hydrogen-bond donors (Lipinski definition) is 3. The molecule has 0 aliphatic rings. The Hall–Kier alpha value is -1.36. The fraction of sp³-hybridized carbons (Fsp3) is 0.667. The first-order valence-electron chi connectivity index (χ1n) is 6.12. The van der Waals surface area contributed by atoms with Crippen molar-refractivity contribution in [2.75, 3.05) is 24.2 Å². The molecule has 0 unspecified atom stereocenters. The summed E-state index contributed by atoms with van der Waals surface area (Å²) in [5.74, 6) is 1.68. The highest BCUT2D eigenvalue weighted by atomic mass is 16.2. The van der Waals surface area contributed by atoms with Crippen LogP contribution in [0, 0.1) is 0 Å². The molecule has 1 aromatic rings. The van der Waals surface area contributed by atoms with Crippen molar-refractivity contribution in [3.05, 3.63) is 11.9 Å². The summed E-state index contributed by atoms with van der Waals surface area (Å²) < 4.78 is 0. The summed E-state index contributed by atoms with van der Waals surface area (Å²) in [6.07, 6.45) is 4.37. The van der Waals surface area contributed by atoms with Crippen LogP contribution in [-0.4, -0.2) is 28.2 Å². The second-order valence-corrected chi connectivity index (χ2v) is 4.39. The zero-order valence-electron chi connectivity index (χ0n) is 10.6. The fourth-order valence-corrected chi connectivity index (χ4v) is 1.74. The van der Waals surface area contributed by atoms with Crippen LogP contribution in [-0.2, 0) is 0 Å². The van der Waals surface area contributed by atoms with Crippen molar-refractivity contribution in [2.45, 2.75) is 39.0 Å². The van der Waals surface area contributed by atoms with E-state index in [-0.39, 0.29) is 6.61 Å². The van der Waals surface area contributed by atoms with Crippen LogP contribution < -0.4 is 11.1 Å². The van der Waals surface area contributed by atoms with E-state index < -0.39 is 0 Å². The molecule has 0 aliphatic heterocycles. The average Bonchev–Trinajstić information content (AvgIpc) is 2.28. The van der Waals surface area contributed by atoms with Crippen molar-refractivity contribution in [3.63, 3.8) is 0 Å². The molecule has 0 radical (unpaired) electrons. The quantitative estimate of drug-likeness (QED) is 0.630. The zero-order chi connectivity index (χ0) is 12.7. The van der Waals surface area contributed by atoms with Crippen molar-refractivity contribution in [1.29, 1.82) is 0 Å². The summed E-state index contributed by atoms with van der Waals surface area (Å²) in [6, 6.07) is 0. The van der Waals surface area contributed by atoms with Crippen molar-refractivity contribution in [2.24, 2.45) is 0 Å². The van der Waals surface area contributed by atoms with E-state index in [0.717, 1.165) is 37.2 Å².